The average Bonchev–Trinajstić information content (AvgIpc) is 3.30. The quantitative estimate of drug-likeness (QED) is 0.400. The molecular weight excluding hydrogens is 384 g/mol. The number of aliphatic hydroxyl groups is 3. The summed E-state index contributed by atoms with van der Waals surface area (Å²) >= 11 is 0. The molecule has 2 aliphatic carbocycles. The second-order valence-electron chi connectivity index (χ2n) is 9.91. The lowest BCUT2D eigenvalue weighted by Gasteiger charge is -2.57. The van der Waals surface area contributed by atoms with Gasteiger partial charge in [-0.1, -0.05) is 20.8 Å². The second kappa shape index (κ2) is 5.31. The minimum atomic E-state index is -1.96. The van der Waals surface area contributed by atoms with Gasteiger partial charge in [-0.05, 0) is 12.8 Å². The Morgan fingerprint density at radius 3 is 2.41 bits per heavy atom. The SMILES string of the molecule is CO[C@@H](C)[C@@]1(O)C[C@@]2(OC1=O)[C@@H]1O[C@@H]1[C@@]1(O)[C@H]3C(=O)O[C@H]([C@H]3C(C)C)[C@@H](O)[C@]12C. The van der Waals surface area contributed by atoms with E-state index in [1.165, 1.54) is 7.11 Å². The fourth-order valence-corrected chi connectivity index (χ4v) is 6.91. The highest BCUT2D eigenvalue weighted by atomic mass is 16.7. The lowest BCUT2D eigenvalue weighted by molar-refractivity contribution is -0.278. The molecule has 9 heteroatoms. The Bertz CT molecular complexity index is 799. The van der Waals surface area contributed by atoms with Crippen LogP contribution in [0.3, 0.4) is 0 Å². The zero-order valence-corrected chi connectivity index (χ0v) is 17.1. The van der Waals surface area contributed by atoms with Gasteiger partial charge >= 0.3 is 11.9 Å². The van der Waals surface area contributed by atoms with E-state index in [1.54, 1.807) is 13.8 Å². The zero-order valence-electron chi connectivity index (χ0n) is 17.1. The molecule has 0 aromatic carbocycles. The molecule has 0 aromatic rings. The fourth-order valence-electron chi connectivity index (χ4n) is 6.91. The van der Waals surface area contributed by atoms with Crippen LogP contribution in [0.5, 0.6) is 0 Å². The lowest BCUT2D eigenvalue weighted by atomic mass is 9.50. The van der Waals surface area contributed by atoms with Crippen LogP contribution in [0, 0.1) is 23.2 Å². The largest absolute Gasteiger partial charge is 0.459 e. The van der Waals surface area contributed by atoms with Crippen LogP contribution in [0.25, 0.3) is 0 Å². The standard InChI is InChI=1S/C20H28O9/c1-7(2)9-10-15(22)27-11(9)12(21)17(4)19(13-14(28-13)20(10,17)25)6-18(24,8(3)26-5)16(23)29-19/h7-14,21,24-25H,6H2,1-5H3/t8-,9-,10+,11+,12+,13+,14-,17-,18-,19+,20-/m0/s1. The van der Waals surface area contributed by atoms with Crippen LogP contribution in [-0.4, -0.2) is 81.7 Å². The van der Waals surface area contributed by atoms with Crippen molar-refractivity contribution in [3.8, 4) is 0 Å². The van der Waals surface area contributed by atoms with Gasteiger partial charge in [0.1, 0.15) is 30.0 Å². The molecule has 0 radical (unpaired) electrons. The monoisotopic (exact) mass is 412 g/mol. The zero-order chi connectivity index (χ0) is 21.3. The van der Waals surface area contributed by atoms with E-state index < -0.39 is 76.5 Å². The van der Waals surface area contributed by atoms with Crippen LogP contribution in [-0.2, 0) is 28.5 Å². The molecule has 9 nitrogen and oxygen atoms in total. The first-order valence-electron chi connectivity index (χ1n) is 10.2. The Balaban J connectivity index is 1.67. The molecule has 5 fully saturated rings. The van der Waals surface area contributed by atoms with E-state index in [0.29, 0.717) is 0 Å². The summed E-state index contributed by atoms with van der Waals surface area (Å²) in [4.78, 5) is 25.6. The summed E-state index contributed by atoms with van der Waals surface area (Å²) < 4.78 is 22.3. The van der Waals surface area contributed by atoms with Gasteiger partial charge in [0.2, 0.25) is 0 Å². The van der Waals surface area contributed by atoms with E-state index in [0.717, 1.165) is 0 Å². The maximum Gasteiger partial charge on any atom is 0.341 e. The number of epoxide rings is 1. The smallest absolute Gasteiger partial charge is 0.341 e. The molecule has 2 bridgehead atoms. The summed E-state index contributed by atoms with van der Waals surface area (Å²) in [6.07, 6.45) is -4.75. The number of carbonyl (C=O) groups excluding carboxylic acids is 2. The summed E-state index contributed by atoms with van der Waals surface area (Å²) in [7, 11) is 1.37. The van der Waals surface area contributed by atoms with E-state index in [-0.39, 0.29) is 12.3 Å². The van der Waals surface area contributed by atoms with Crippen molar-refractivity contribution >= 4 is 11.9 Å². The van der Waals surface area contributed by atoms with Gasteiger partial charge in [0.25, 0.3) is 0 Å². The number of carbonyl (C=O) groups is 2. The van der Waals surface area contributed by atoms with Crippen LogP contribution in [0.4, 0.5) is 0 Å². The first-order chi connectivity index (χ1) is 13.4. The predicted molar refractivity (Wildman–Crippen MR) is 94.3 cm³/mol. The molecule has 3 saturated heterocycles. The summed E-state index contributed by atoms with van der Waals surface area (Å²) in [5.41, 5.74) is -6.72. The molecule has 162 valence electrons. The van der Waals surface area contributed by atoms with Crippen molar-refractivity contribution in [3.63, 3.8) is 0 Å². The molecule has 2 saturated carbocycles. The predicted octanol–water partition coefficient (Wildman–Crippen LogP) is -0.855. The third-order valence-corrected chi connectivity index (χ3v) is 8.70. The first kappa shape index (κ1) is 19.7. The van der Waals surface area contributed by atoms with Gasteiger partial charge in [0, 0.05) is 19.4 Å². The molecule has 5 aliphatic rings. The second-order valence-corrected chi connectivity index (χ2v) is 9.91. The van der Waals surface area contributed by atoms with Crippen LogP contribution in [0.15, 0.2) is 0 Å². The Labute approximate surface area is 168 Å². The van der Waals surface area contributed by atoms with Crippen LogP contribution >= 0.6 is 0 Å². The van der Waals surface area contributed by atoms with Crippen LogP contribution in [0.1, 0.15) is 34.1 Å². The van der Waals surface area contributed by atoms with Gasteiger partial charge in [-0.25, -0.2) is 4.79 Å². The topological polar surface area (TPSA) is 135 Å². The highest BCUT2D eigenvalue weighted by molar-refractivity contribution is 5.85. The number of ether oxygens (including phenoxy) is 4. The Morgan fingerprint density at radius 2 is 1.83 bits per heavy atom. The number of fused-ring (bicyclic) bond motifs is 8. The maximum absolute atomic E-state index is 12.8. The summed E-state index contributed by atoms with van der Waals surface area (Å²) in [5, 5.41) is 34.5. The van der Waals surface area contributed by atoms with Gasteiger partial charge in [-0.3, -0.25) is 4.79 Å². The molecule has 5 rings (SSSR count). The van der Waals surface area contributed by atoms with Crippen LogP contribution in [0.2, 0.25) is 0 Å². The van der Waals surface area contributed by atoms with Gasteiger partial charge in [0.05, 0.1) is 17.4 Å². The lowest BCUT2D eigenvalue weighted by Crippen LogP contribution is -2.73. The van der Waals surface area contributed by atoms with Gasteiger partial charge < -0.3 is 34.3 Å². The maximum atomic E-state index is 12.8. The van der Waals surface area contributed by atoms with Gasteiger partial charge in [-0.2, -0.15) is 0 Å². The molecule has 0 aromatic heterocycles. The number of aliphatic hydroxyl groups excluding tert-OH is 1. The van der Waals surface area contributed by atoms with Crippen molar-refractivity contribution in [2.24, 2.45) is 23.2 Å². The number of rotatable bonds is 3. The third-order valence-electron chi connectivity index (χ3n) is 8.70. The van der Waals surface area contributed by atoms with Crippen molar-refractivity contribution in [2.75, 3.05) is 7.11 Å². The molecule has 29 heavy (non-hydrogen) atoms. The molecule has 3 heterocycles. The number of hydrogen-bond acceptors (Lipinski definition) is 9. The summed E-state index contributed by atoms with van der Waals surface area (Å²) in [6, 6.07) is 0. The normalized spacial score (nSPS) is 58.2. The summed E-state index contributed by atoms with van der Waals surface area (Å²) in [5.74, 6) is -2.81. The molecule has 3 N–H and O–H groups in total. The van der Waals surface area contributed by atoms with Crippen molar-refractivity contribution in [3.05, 3.63) is 0 Å². The molecular formula is C20H28O9. The minimum absolute atomic E-state index is 0.0370. The van der Waals surface area contributed by atoms with Gasteiger partial charge in [0.15, 0.2) is 11.2 Å². The third kappa shape index (κ3) is 1.79. The highest BCUT2D eigenvalue weighted by Crippen LogP contribution is 2.75. The summed E-state index contributed by atoms with van der Waals surface area (Å²) in [6.45, 7) is 6.99. The average molecular weight is 412 g/mol. The van der Waals surface area contributed by atoms with E-state index >= 15 is 0 Å². The van der Waals surface area contributed by atoms with Crippen LogP contribution < -0.4 is 0 Å². The van der Waals surface area contributed by atoms with Crippen molar-refractivity contribution < 1.29 is 43.9 Å². The molecule has 11 atom stereocenters. The van der Waals surface area contributed by atoms with Gasteiger partial charge in [-0.15, -0.1) is 0 Å². The Kier molecular flexibility index (Phi) is 3.61. The molecule has 3 aliphatic heterocycles. The fraction of sp³-hybridized carbons (Fsp3) is 0.900. The van der Waals surface area contributed by atoms with E-state index in [9.17, 15) is 24.9 Å². The minimum Gasteiger partial charge on any atom is -0.459 e. The van der Waals surface area contributed by atoms with E-state index in [2.05, 4.69) is 0 Å². The number of methoxy groups -OCH3 is 1. The first-order valence-corrected chi connectivity index (χ1v) is 10.2. The van der Waals surface area contributed by atoms with Crippen molar-refractivity contribution in [1.29, 1.82) is 0 Å². The Morgan fingerprint density at radius 1 is 1.17 bits per heavy atom. The molecule has 0 unspecified atom stereocenters. The Hall–Kier alpha value is -1.26. The highest BCUT2D eigenvalue weighted by Gasteiger charge is 2.94. The number of esters is 2. The van der Waals surface area contributed by atoms with E-state index in [4.69, 9.17) is 18.9 Å². The van der Waals surface area contributed by atoms with Crippen molar-refractivity contribution in [2.45, 2.75) is 81.4 Å². The number of hydrogen-bond donors (Lipinski definition) is 3. The molecule has 1 spiro atoms. The van der Waals surface area contributed by atoms with Crippen molar-refractivity contribution in [1.82, 2.24) is 0 Å². The molecule has 0 amide bonds. The van der Waals surface area contributed by atoms with E-state index in [1.807, 2.05) is 13.8 Å².